The molecule has 4 rings (SSSR count). The number of hydrogen-bond acceptors (Lipinski definition) is 4. The molecular weight excluding hydrogens is 256 g/mol. The molecule has 0 amide bonds. The molecule has 0 saturated heterocycles. The topological polar surface area (TPSA) is 43.6 Å². The van der Waals surface area contributed by atoms with Crippen LogP contribution in [0.25, 0.3) is 32.0 Å². The Labute approximate surface area is 113 Å². The lowest BCUT2D eigenvalue weighted by Crippen LogP contribution is -1.89. The Kier molecular flexibility index (Phi) is 2.16. The molecule has 0 saturated carbocycles. The van der Waals surface area contributed by atoms with Crippen molar-refractivity contribution in [2.45, 2.75) is 0 Å². The molecule has 0 aliphatic heterocycles. The SMILES string of the molecule is Cn1c(-c2cc3ccncc3s2)nc2ncccc21. The Morgan fingerprint density at radius 2 is 2.16 bits per heavy atom. The van der Waals surface area contributed by atoms with E-state index >= 15 is 0 Å². The molecule has 92 valence electrons. The van der Waals surface area contributed by atoms with Crippen LogP contribution in [0.15, 0.2) is 42.9 Å². The molecule has 0 atom stereocenters. The number of thiophene rings is 1. The summed E-state index contributed by atoms with van der Waals surface area (Å²) in [5, 5.41) is 1.20. The summed E-state index contributed by atoms with van der Waals surface area (Å²) >= 11 is 1.71. The molecule has 4 aromatic rings. The monoisotopic (exact) mass is 266 g/mol. The Balaban J connectivity index is 2.01. The second kappa shape index (κ2) is 3.86. The molecule has 5 heteroatoms. The number of imidazole rings is 1. The average molecular weight is 266 g/mol. The van der Waals surface area contributed by atoms with Gasteiger partial charge >= 0.3 is 0 Å². The van der Waals surface area contributed by atoms with Crippen LogP contribution in [0.1, 0.15) is 0 Å². The maximum absolute atomic E-state index is 4.62. The van der Waals surface area contributed by atoms with Crippen molar-refractivity contribution in [2.75, 3.05) is 0 Å². The predicted molar refractivity (Wildman–Crippen MR) is 77.1 cm³/mol. The van der Waals surface area contributed by atoms with Crippen LogP contribution >= 0.6 is 11.3 Å². The number of rotatable bonds is 1. The highest BCUT2D eigenvalue weighted by Crippen LogP contribution is 2.33. The lowest BCUT2D eigenvalue weighted by molar-refractivity contribution is 0.963. The Morgan fingerprint density at radius 3 is 3.00 bits per heavy atom. The van der Waals surface area contributed by atoms with E-state index in [9.17, 15) is 0 Å². The number of aromatic nitrogens is 4. The summed E-state index contributed by atoms with van der Waals surface area (Å²) in [5.74, 6) is 0.954. The fraction of sp³-hybridized carbons (Fsp3) is 0.0714. The van der Waals surface area contributed by atoms with E-state index in [4.69, 9.17) is 0 Å². The molecule has 0 N–H and O–H groups in total. The van der Waals surface area contributed by atoms with E-state index < -0.39 is 0 Å². The maximum atomic E-state index is 4.62. The molecule has 0 aliphatic rings. The van der Waals surface area contributed by atoms with Gasteiger partial charge in [-0.3, -0.25) is 4.98 Å². The third-order valence-corrected chi connectivity index (χ3v) is 4.28. The lowest BCUT2D eigenvalue weighted by Gasteiger charge is -1.97. The second-order valence-electron chi connectivity index (χ2n) is 4.36. The van der Waals surface area contributed by atoms with Crippen LogP contribution in [-0.2, 0) is 7.05 Å². The Hall–Kier alpha value is -2.27. The molecule has 0 radical (unpaired) electrons. The molecule has 0 aromatic carbocycles. The molecule has 0 spiro atoms. The van der Waals surface area contributed by atoms with E-state index in [0.717, 1.165) is 21.9 Å². The summed E-state index contributed by atoms with van der Waals surface area (Å²) in [5.41, 5.74) is 1.84. The highest BCUT2D eigenvalue weighted by molar-refractivity contribution is 7.22. The minimum atomic E-state index is 0.788. The molecule has 0 unspecified atom stereocenters. The van der Waals surface area contributed by atoms with E-state index in [1.807, 2.05) is 37.6 Å². The standard InChI is InChI=1S/C14H10N4S/c1-18-10-3-2-5-16-13(10)17-14(18)11-7-9-4-6-15-8-12(9)19-11/h2-8H,1H3. The molecule has 0 fully saturated rings. The highest BCUT2D eigenvalue weighted by Gasteiger charge is 2.12. The summed E-state index contributed by atoms with van der Waals surface area (Å²) < 4.78 is 3.26. The Bertz CT molecular complexity index is 858. The summed E-state index contributed by atoms with van der Waals surface area (Å²) in [6.07, 6.45) is 5.48. The van der Waals surface area contributed by atoms with E-state index in [0.29, 0.717) is 0 Å². The second-order valence-corrected chi connectivity index (χ2v) is 5.45. The van der Waals surface area contributed by atoms with E-state index in [1.54, 1.807) is 17.5 Å². The van der Waals surface area contributed by atoms with Gasteiger partial charge in [0.2, 0.25) is 0 Å². The fourth-order valence-corrected chi connectivity index (χ4v) is 3.30. The van der Waals surface area contributed by atoms with Gasteiger partial charge in [0, 0.05) is 25.6 Å². The third-order valence-electron chi connectivity index (χ3n) is 3.20. The first-order valence-electron chi connectivity index (χ1n) is 5.94. The molecule has 4 nitrogen and oxygen atoms in total. The van der Waals surface area contributed by atoms with Crippen LogP contribution in [0.4, 0.5) is 0 Å². The van der Waals surface area contributed by atoms with Gasteiger partial charge < -0.3 is 4.57 Å². The van der Waals surface area contributed by atoms with Crippen molar-refractivity contribution in [2.24, 2.45) is 7.05 Å². The lowest BCUT2D eigenvalue weighted by atomic mass is 10.3. The van der Waals surface area contributed by atoms with Gasteiger partial charge in [0.25, 0.3) is 0 Å². The summed E-state index contributed by atoms with van der Waals surface area (Å²) in [6.45, 7) is 0. The van der Waals surface area contributed by atoms with Crippen molar-refractivity contribution in [1.29, 1.82) is 0 Å². The minimum absolute atomic E-state index is 0.788. The number of nitrogens with zero attached hydrogens (tertiary/aromatic N) is 4. The summed E-state index contributed by atoms with van der Waals surface area (Å²) in [6, 6.07) is 8.15. The molecule has 4 heterocycles. The van der Waals surface area contributed by atoms with Gasteiger partial charge in [0.05, 0.1) is 15.1 Å². The first-order valence-corrected chi connectivity index (χ1v) is 6.76. The van der Waals surface area contributed by atoms with Gasteiger partial charge in [-0.15, -0.1) is 11.3 Å². The molecular formula is C14H10N4S. The van der Waals surface area contributed by atoms with E-state index in [2.05, 4.69) is 25.6 Å². The van der Waals surface area contributed by atoms with Crippen molar-refractivity contribution in [1.82, 2.24) is 19.5 Å². The van der Waals surface area contributed by atoms with Crippen molar-refractivity contribution < 1.29 is 0 Å². The zero-order valence-electron chi connectivity index (χ0n) is 10.2. The van der Waals surface area contributed by atoms with E-state index in [-0.39, 0.29) is 0 Å². The van der Waals surface area contributed by atoms with Crippen LogP contribution in [0.2, 0.25) is 0 Å². The van der Waals surface area contributed by atoms with Gasteiger partial charge in [-0.25, -0.2) is 9.97 Å². The highest BCUT2D eigenvalue weighted by atomic mass is 32.1. The van der Waals surface area contributed by atoms with Gasteiger partial charge in [-0.2, -0.15) is 0 Å². The van der Waals surface area contributed by atoms with Gasteiger partial charge in [0.15, 0.2) is 11.5 Å². The van der Waals surface area contributed by atoms with Gasteiger partial charge in [-0.05, 0) is 29.7 Å². The summed E-state index contributed by atoms with van der Waals surface area (Å²) in [7, 11) is 2.02. The number of hydrogen-bond donors (Lipinski definition) is 0. The van der Waals surface area contributed by atoms with Gasteiger partial charge in [-0.1, -0.05) is 0 Å². The van der Waals surface area contributed by atoms with Crippen LogP contribution in [0.5, 0.6) is 0 Å². The molecule has 0 aliphatic carbocycles. The van der Waals surface area contributed by atoms with Crippen molar-refractivity contribution in [3.05, 3.63) is 42.9 Å². The first kappa shape index (κ1) is 10.6. The quantitative estimate of drug-likeness (QED) is 0.531. The zero-order chi connectivity index (χ0) is 12.8. The van der Waals surface area contributed by atoms with Gasteiger partial charge in [0.1, 0.15) is 0 Å². The zero-order valence-corrected chi connectivity index (χ0v) is 11.1. The normalized spacial score (nSPS) is 11.4. The van der Waals surface area contributed by atoms with Crippen LogP contribution < -0.4 is 0 Å². The summed E-state index contributed by atoms with van der Waals surface area (Å²) in [4.78, 5) is 14.2. The van der Waals surface area contributed by atoms with Crippen molar-refractivity contribution >= 4 is 32.6 Å². The third kappa shape index (κ3) is 1.55. The molecule has 0 bridgehead atoms. The smallest absolute Gasteiger partial charge is 0.178 e. The van der Waals surface area contributed by atoms with Crippen molar-refractivity contribution in [3.63, 3.8) is 0 Å². The fourth-order valence-electron chi connectivity index (χ4n) is 2.24. The minimum Gasteiger partial charge on any atom is -0.325 e. The predicted octanol–water partition coefficient (Wildman–Crippen LogP) is 3.25. The molecule has 19 heavy (non-hydrogen) atoms. The average Bonchev–Trinajstić information content (AvgIpc) is 3.00. The van der Waals surface area contributed by atoms with Crippen LogP contribution in [-0.4, -0.2) is 19.5 Å². The van der Waals surface area contributed by atoms with Crippen LogP contribution in [0, 0.1) is 0 Å². The van der Waals surface area contributed by atoms with E-state index in [1.165, 1.54) is 10.1 Å². The Morgan fingerprint density at radius 1 is 1.21 bits per heavy atom. The first-order chi connectivity index (χ1) is 9.33. The molecule has 4 aromatic heterocycles. The largest absolute Gasteiger partial charge is 0.325 e. The van der Waals surface area contributed by atoms with Crippen molar-refractivity contribution in [3.8, 4) is 10.7 Å². The maximum Gasteiger partial charge on any atom is 0.178 e. The number of pyridine rings is 2. The van der Waals surface area contributed by atoms with Crippen LogP contribution in [0.3, 0.4) is 0 Å². The number of aryl methyl sites for hydroxylation is 1. The number of fused-ring (bicyclic) bond motifs is 2.